The number of nitrogens with zero attached hydrogens (tertiary/aromatic N) is 1. The molecule has 1 saturated heterocycles. The molecule has 11 heteroatoms. The second-order valence-electron chi connectivity index (χ2n) is 7.64. The van der Waals surface area contributed by atoms with Gasteiger partial charge in [0, 0.05) is 5.69 Å². The lowest BCUT2D eigenvalue weighted by atomic mass is 10.2. The predicted molar refractivity (Wildman–Crippen MR) is 135 cm³/mol. The van der Waals surface area contributed by atoms with E-state index in [1.165, 1.54) is 26.4 Å². The number of imide groups is 1. The summed E-state index contributed by atoms with van der Waals surface area (Å²) in [5.74, 6) is -0.542. The van der Waals surface area contributed by atoms with Crippen LogP contribution in [0.5, 0.6) is 11.5 Å². The van der Waals surface area contributed by atoms with Crippen molar-refractivity contribution in [1.29, 1.82) is 0 Å². The minimum atomic E-state index is -0.654. The van der Waals surface area contributed by atoms with Crippen LogP contribution in [0.15, 0.2) is 70.0 Å². The van der Waals surface area contributed by atoms with E-state index in [0.29, 0.717) is 22.7 Å². The Morgan fingerprint density at radius 2 is 1.81 bits per heavy atom. The van der Waals surface area contributed by atoms with Crippen molar-refractivity contribution in [3.05, 3.63) is 82.7 Å². The number of amides is 3. The Kier molecular flexibility index (Phi) is 7.94. The van der Waals surface area contributed by atoms with E-state index in [2.05, 4.69) is 10.1 Å². The lowest BCUT2D eigenvalue weighted by Gasteiger charge is -2.12. The largest absolute Gasteiger partial charge is 0.493 e. The second kappa shape index (κ2) is 11.5. The molecule has 0 radical (unpaired) electrons. The number of hydrogen-bond donors (Lipinski definition) is 1. The lowest BCUT2D eigenvalue weighted by Crippen LogP contribution is -2.27. The van der Waals surface area contributed by atoms with Gasteiger partial charge in [-0.3, -0.25) is 19.3 Å². The van der Waals surface area contributed by atoms with Crippen LogP contribution in [0, 0.1) is 0 Å². The summed E-state index contributed by atoms with van der Waals surface area (Å²) in [6.07, 6.45) is 1.56. The van der Waals surface area contributed by atoms with E-state index in [0.717, 1.165) is 16.7 Å². The molecule has 0 saturated carbocycles. The van der Waals surface area contributed by atoms with E-state index >= 15 is 0 Å². The highest BCUT2D eigenvalue weighted by Crippen LogP contribution is 2.35. The highest BCUT2D eigenvalue weighted by Gasteiger charge is 2.35. The molecule has 10 nitrogen and oxygen atoms in total. The van der Waals surface area contributed by atoms with Crippen molar-refractivity contribution < 1.29 is 37.8 Å². The number of methoxy groups -OCH3 is 2. The molecule has 0 bridgehead atoms. The van der Waals surface area contributed by atoms with Crippen LogP contribution in [0.2, 0.25) is 0 Å². The fraction of sp³-hybridized carbons (Fsp3) is 0.154. The molecule has 4 rings (SSSR count). The quantitative estimate of drug-likeness (QED) is 0.323. The third-order valence-corrected chi connectivity index (χ3v) is 6.04. The number of hydrogen-bond acceptors (Lipinski definition) is 9. The standard InChI is InChI=1S/C26H22N2O8S/c1-33-21-12-16(8-10-19(21)35-15-23(29)27-17-6-4-3-5-7-17)13-22-24(30)28(26(32)37-22)14-18-9-11-20(36-18)25(31)34-2/h3-13H,14-15H2,1-2H3,(H,27,29)/b22-13+. The molecule has 3 amide bonds. The number of esters is 1. The molecule has 190 valence electrons. The molecule has 1 fully saturated rings. The van der Waals surface area contributed by atoms with Crippen LogP contribution in [0.1, 0.15) is 21.9 Å². The average Bonchev–Trinajstić information content (AvgIpc) is 3.48. The fourth-order valence-corrected chi connectivity index (χ4v) is 4.21. The Balaban J connectivity index is 1.41. The van der Waals surface area contributed by atoms with Crippen molar-refractivity contribution in [3.63, 3.8) is 0 Å². The molecule has 0 unspecified atom stereocenters. The van der Waals surface area contributed by atoms with E-state index < -0.39 is 17.1 Å². The summed E-state index contributed by atoms with van der Waals surface area (Å²) in [5.41, 5.74) is 1.25. The highest BCUT2D eigenvalue weighted by molar-refractivity contribution is 8.18. The number of carbonyl (C=O) groups is 4. The molecule has 0 spiro atoms. The molecule has 0 atom stereocenters. The molecule has 1 N–H and O–H groups in total. The van der Waals surface area contributed by atoms with Gasteiger partial charge in [-0.2, -0.15) is 0 Å². The van der Waals surface area contributed by atoms with Gasteiger partial charge < -0.3 is 23.9 Å². The topological polar surface area (TPSA) is 124 Å². The van der Waals surface area contributed by atoms with Crippen LogP contribution in [0.4, 0.5) is 10.5 Å². The van der Waals surface area contributed by atoms with Crippen molar-refractivity contribution in [2.75, 3.05) is 26.1 Å². The number of benzene rings is 2. The Labute approximate surface area is 216 Å². The second-order valence-corrected chi connectivity index (χ2v) is 8.63. The Morgan fingerprint density at radius 3 is 2.54 bits per heavy atom. The summed E-state index contributed by atoms with van der Waals surface area (Å²) in [6.45, 7) is -0.353. The van der Waals surface area contributed by atoms with Gasteiger partial charge in [0.15, 0.2) is 18.1 Å². The zero-order valence-corrected chi connectivity index (χ0v) is 20.7. The molecular formula is C26H22N2O8S. The fourth-order valence-electron chi connectivity index (χ4n) is 3.37. The Bertz CT molecular complexity index is 1370. The maximum Gasteiger partial charge on any atom is 0.373 e. The number of para-hydroxylation sites is 1. The van der Waals surface area contributed by atoms with Crippen molar-refractivity contribution in [1.82, 2.24) is 4.90 Å². The molecule has 1 aliphatic heterocycles. The lowest BCUT2D eigenvalue weighted by molar-refractivity contribution is -0.123. The van der Waals surface area contributed by atoms with E-state index in [1.807, 2.05) is 18.2 Å². The van der Waals surface area contributed by atoms with Crippen LogP contribution >= 0.6 is 11.8 Å². The van der Waals surface area contributed by atoms with Gasteiger partial charge in [0.25, 0.3) is 17.1 Å². The molecular weight excluding hydrogens is 500 g/mol. The summed E-state index contributed by atoms with van der Waals surface area (Å²) in [7, 11) is 2.68. The molecule has 3 aromatic rings. The van der Waals surface area contributed by atoms with Crippen molar-refractivity contribution in [2.45, 2.75) is 6.54 Å². The number of carbonyl (C=O) groups excluding carboxylic acids is 4. The summed E-state index contributed by atoms with van der Waals surface area (Å²) < 4.78 is 20.9. The van der Waals surface area contributed by atoms with Gasteiger partial charge in [0.2, 0.25) is 5.76 Å². The molecule has 2 heterocycles. The minimum Gasteiger partial charge on any atom is -0.493 e. The van der Waals surface area contributed by atoms with E-state index in [1.54, 1.807) is 36.4 Å². The van der Waals surface area contributed by atoms with Gasteiger partial charge in [-0.25, -0.2) is 4.79 Å². The van der Waals surface area contributed by atoms with Gasteiger partial charge in [-0.05, 0) is 59.8 Å². The predicted octanol–water partition coefficient (Wildman–Crippen LogP) is 4.33. The van der Waals surface area contributed by atoms with Gasteiger partial charge in [0.1, 0.15) is 5.76 Å². The number of furan rings is 1. The van der Waals surface area contributed by atoms with E-state index in [4.69, 9.17) is 13.9 Å². The zero-order chi connectivity index (χ0) is 26.4. The van der Waals surface area contributed by atoms with Crippen LogP contribution < -0.4 is 14.8 Å². The number of rotatable bonds is 9. The highest BCUT2D eigenvalue weighted by atomic mass is 32.2. The van der Waals surface area contributed by atoms with Crippen LogP contribution in [0.3, 0.4) is 0 Å². The SMILES string of the molecule is COC(=O)c1ccc(CN2C(=O)S/C(=C/c3ccc(OCC(=O)Nc4ccccc4)c(OC)c3)C2=O)o1. The third-order valence-electron chi connectivity index (χ3n) is 5.14. The number of nitrogens with one attached hydrogen (secondary N) is 1. The Hall–Kier alpha value is -4.51. The first-order valence-corrected chi connectivity index (χ1v) is 11.8. The summed E-state index contributed by atoms with van der Waals surface area (Å²) in [4.78, 5) is 50.3. The number of anilines is 1. The summed E-state index contributed by atoms with van der Waals surface area (Å²) in [5, 5.41) is 2.26. The minimum absolute atomic E-state index is 0.0213. The molecule has 37 heavy (non-hydrogen) atoms. The maximum absolute atomic E-state index is 12.9. The van der Waals surface area contributed by atoms with Crippen LogP contribution in [-0.4, -0.2) is 48.7 Å². The first-order chi connectivity index (χ1) is 17.9. The zero-order valence-electron chi connectivity index (χ0n) is 19.9. The normalized spacial score (nSPS) is 14.1. The first kappa shape index (κ1) is 25.6. The summed E-state index contributed by atoms with van der Waals surface area (Å²) >= 11 is 0.786. The van der Waals surface area contributed by atoms with Gasteiger partial charge >= 0.3 is 5.97 Å². The van der Waals surface area contributed by atoms with Gasteiger partial charge in [0.05, 0.1) is 25.7 Å². The van der Waals surface area contributed by atoms with E-state index in [9.17, 15) is 19.2 Å². The summed E-state index contributed by atoms with van der Waals surface area (Å²) in [6, 6.07) is 16.8. The third kappa shape index (κ3) is 6.19. The van der Waals surface area contributed by atoms with Crippen molar-refractivity contribution in [3.8, 4) is 11.5 Å². The number of ether oxygens (including phenoxy) is 3. The molecule has 0 aliphatic carbocycles. The van der Waals surface area contributed by atoms with E-state index in [-0.39, 0.29) is 35.5 Å². The van der Waals surface area contributed by atoms with Crippen molar-refractivity contribution >= 4 is 46.5 Å². The number of thioether (sulfide) groups is 1. The van der Waals surface area contributed by atoms with Gasteiger partial charge in [-0.1, -0.05) is 24.3 Å². The van der Waals surface area contributed by atoms with Crippen molar-refractivity contribution in [2.24, 2.45) is 0 Å². The Morgan fingerprint density at radius 1 is 1.03 bits per heavy atom. The molecule has 1 aromatic heterocycles. The first-order valence-electron chi connectivity index (χ1n) is 11.0. The van der Waals surface area contributed by atoms with Gasteiger partial charge in [-0.15, -0.1) is 0 Å². The molecule has 1 aliphatic rings. The monoisotopic (exact) mass is 522 g/mol. The smallest absolute Gasteiger partial charge is 0.373 e. The molecule has 2 aromatic carbocycles. The van der Waals surface area contributed by atoms with Crippen LogP contribution in [0.25, 0.3) is 6.08 Å². The average molecular weight is 523 g/mol. The van der Waals surface area contributed by atoms with Crippen LogP contribution in [-0.2, 0) is 20.9 Å². The maximum atomic E-state index is 12.9.